The molecule has 1 rings (SSSR count). The number of rotatable bonds is 6. The first-order chi connectivity index (χ1) is 7.59. The summed E-state index contributed by atoms with van der Waals surface area (Å²) in [6.07, 6.45) is 0. The maximum atomic E-state index is 3.45. The lowest BCUT2D eigenvalue weighted by atomic mass is 10.2. The average Bonchev–Trinajstić information content (AvgIpc) is 2.26. The zero-order valence-electron chi connectivity index (χ0n) is 10.8. The first-order valence-corrected chi connectivity index (χ1v) is 7.06. The van der Waals surface area contributed by atoms with Crippen LogP contribution in [0.5, 0.6) is 0 Å². The van der Waals surface area contributed by atoms with Crippen LogP contribution < -0.4 is 5.32 Å². The number of nitrogens with one attached hydrogen (secondary N) is 1. The SMILES string of the molecule is Cc1ccc(NCCSC(C)C(C)C)cc1. The molecule has 1 aromatic carbocycles. The summed E-state index contributed by atoms with van der Waals surface area (Å²) in [7, 11) is 0. The topological polar surface area (TPSA) is 12.0 Å². The fraction of sp³-hybridized carbons (Fsp3) is 0.571. The van der Waals surface area contributed by atoms with Crippen LogP contribution in [0.4, 0.5) is 5.69 Å². The molecule has 1 atom stereocenters. The van der Waals surface area contributed by atoms with E-state index in [0.717, 1.165) is 17.7 Å². The Labute approximate surface area is 104 Å². The minimum absolute atomic E-state index is 0.750. The van der Waals surface area contributed by atoms with Gasteiger partial charge in [0.15, 0.2) is 0 Å². The van der Waals surface area contributed by atoms with Crippen LogP contribution in [-0.2, 0) is 0 Å². The largest absolute Gasteiger partial charge is 0.384 e. The van der Waals surface area contributed by atoms with Gasteiger partial charge in [-0.15, -0.1) is 0 Å². The predicted molar refractivity (Wildman–Crippen MR) is 76.4 cm³/mol. The van der Waals surface area contributed by atoms with Crippen molar-refractivity contribution in [2.75, 3.05) is 17.6 Å². The monoisotopic (exact) mass is 237 g/mol. The molecular formula is C14H23NS. The van der Waals surface area contributed by atoms with Gasteiger partial charge in [0.1, 0.15) is 0 Å². The van der Waals surface area contributed by atoms with E-state index in [1.807, 2.05) is 11.8 Å². The Morgan fingerprint density at radius 3 is 2.31 bits per heavy atom. The van der Waals surface area contributed by atoms with Gasteiger partial charge in [-0.25, -0.2) is 0 Å². The third kappa shape index (κ3) is 4.93. The number of hydrogen-bond acceptors (Lipinski definition) is 2. The van der Waals surface area contributed by atoms with E-state index in [0.29, 0.717) is 0 Å². The molecule has 1 aromatic rings. The second-order valence-corrected chi connectivity index (χ2v) is 6.10. The predicted octanol–water partition coefficient (Wildman–Crippen LogP) is 4.18. The van der Waals surface area contributed by atoms with E-state index in [9.17, 15) is 0 Å². The van der Waals surface area contributed by atoms with E-state index in [1.165, 1.54) is 17.0 Å². The number of benzene rings is 1. The van der Waals surface area contributed by atoms with Crippen LogP contribution >= 0.6 is 11.8 Å². The van der Waals surface area contributed by atoms with Crippen molar-refractivity contribution in [1.29, 1.82) is 0 Å². The highest BCUT2D eigenvalue weighted by Crippen LogP contribution is 2.18. The second-order valence-electron chi connectivity index (χ2n) is 4.61. The summed E-state index contributed by atoms with van der Waals surface area (Å²) in [5, 5.41) is 4.20. The molecule has 0 aromatic heterocycles. The van der Waals surface area contributed by atoms with Crippen molar-refractivity contribution in [1.82, 2.24) is 0 Å². The summed E-state index contributed by atoms with van der Waals surface area (Å²) >= 11 is 2.04. The Kier molecular flexibility index (Phi) is 5.75. The molecule has 1 N–H and O–H groups in total. The fourth-order valence-electron chi connectivity index (χ4n) is 1.30. The number of aryl methyl sites for hydroxylation is 1. The van der Waals surface area contributed by atoms with Gasteiger partial charge in [-0.2, -0.15) is 11.8 Å². The summed E-state index contributed by atoms with van der Waals surface area (Å²) < 4.78 is 0. The van der Waals surface area contributed by atoms with Crippen molar-refractivity contribution >= 4 is 17.4 Å². The molecule has 0 aliphatic heterocycles. The van der Waals surface area contributed by atoms with E-state index >= 15 is 0 Å². The molecule has 0 spiro atoms. The molecule has 0 aliphatic carbocycles. The van der Waals surface area contributed by atoms with Crippen molar-refractivity contribution < 1.29 is 0 Å². The van der Waals surface area contributed by atoms with Gasteiger partial charge in [-0.3, -0.25) is 0 Å². The summed E-state index contributed by atoms with van der Waals surface area (Å²) in [5.41, 5.74) is 2.54. The molecule has 2 heteroatoms. The number of anilines is 1. The summed E-state index contributed by atoms with van der Waals surface area (Å²) in [5.74, 6) is 1.94. The van der Waals surface area contributed by atoms with Crippen LogP contribution in [-0.4, -0.2) is 17.5 Å². The minimum Gasteiger partial charge on any atom is -0.384 e. The maximum Gasteiger partial charge on any atom is 0.0340 e. The third-order valence-corrected chi connectivity index (χ3v) is 4.31. The van der Waals surface area contributed by atoms with Gasteiger partial charge in [0.2, 0.25) is 0 Å². The minimum atomic E-state index is 0.750. The molecule has 0 amide bonds. The lowest BCUT2D eigenvalue weighted by Crippen LogP contribution is -2.11. The van der Waals surface area contributed by atoms with Crippen molar-refractivity contribution in [3.05, 3.63) is 29.8 Å². The van der Waals surface area contributed by atoms with Crippen LogP contribution in [0.2, 0.25) is 0 Å². The molecule has 1 nitrogen and oxygen atoms in total. The Bertz CT molecular complexity index is 292. The standard InChI is InChI=1S/C14H23NS/c1-11(2)13(4)16-10-9-15-14-7-5-12(3)6-8-14/h5-8,11,13,15H,9-10H2,1-4H3. The molecule has 16 heavy (non-hydrogen) atoms. The summed E-state index contributed by atoms with van der Waals surface area (Å²) in [6, 6.07) is 8.58. The molecule has 90 valence electrons. The zero-order chi connectivity index (χ0) is 12.0. The molecule has 1 unspecified atom stereocenters. The van der Waals surface area contributed by atoms with E-state index in [4.69, 9.17) is 0 Å². The Hall–Kier alpha value is -0.630. The number of thioether (sulfide) groups is 1. The molecule has 0 heterocycles. The van der Waals surface area contributed by atoms with E-state index in [2.05, 4.69) is 57.3 Å². The Morgan fingerprint density at radius 2 is 1.75 bits per heavy atom. The van der Waals surface area contributed by atoms with Gasteiger partial charge in [-0.05, 0) is 25.0 Å². The maximum absolute atomic E-state index is 3.45. The van der Waals surface area contributed by atoms with Crippen LogP contribution in [0.25, 0.3) is 0 Å². The van der Waals surface area contributed by atoms with Gasteiger partial charge >= 0.3 is 0 Å². The fourth-order valence-corrected chi connectivity index (χ4v) is 2.28. The van der Waals surface area contributed by atoms with Crippen molar-refractivity contribution in [3.63, 3.8) is 0 Å². The quantitative estimate of drug-likeness (QED) is 0.745. The molecule has 0 aliphatic rings. The zero-order valence-corrected chi connectivity index (χ0v) is 11.6. The Morgan fingerprint density at radius 1 is 1.12 bits per heavy atom. The van der Waals surface area contributed by atoms with Crippen LogP contribution in [0, 0.1) is 12.8 Å². The molecule has 0 fully saturated rings. The lowest BCUT2D eigenvalue weighted by molar-refractivity contribution is 0.642. The van der Waals surface area contributed by atoms with E-state index < -0.39 is 0 Å². The molecular weight excluding hydrogens is 214 g/mol. The smallest absolute Gasteiger partial charge is 0.0340 e. The lowest BCUT2D eigenvalue weighted by Gasteiger charge is -2.15. The van der Waals surface area contributed by atoms with Crippen LogP contribution in [0.15, 0.2) is 24.3 Å². The molecule has 0 saturated heterocycles. The third-order valence-electron chi connectivity index (χ3n) is 2.80. The highest BCUT2D eigenvalue weighted by atomic mass is 32.2. The average molecular weight is 237 g/mol. The van der Waals surface area contributed by atoms with E-state index in [1.54, 1.807) is 0 Å². The Balaban J connectivity index is 2.18. The molecule has 0 saturated carbocycles. The number of hydrogen-bond donors (Lipinski definition) is 1. The van der Waals surface area contributed by atoms with E-state index in [-0.39, 0.29) is 0 Å². The second kappa shape index (κ2) is 6.85. The summed E-state index contributed by atoms with van der Waals surface area (Å²) in [6.45, 7) is 10.0. The molecule has 0 radical (unpaired) electrons. The van der Waals surface area contributed by atoms with Crippen molar-refractivity contribution in [3.8, 4) is 0 Å². The molecule has 0 bridgehead atoms. The highest BCUT2D eigenvalue weighted by Gasteiger charge is 2.06. The van der Waals surface area contributed by atoms with Gasteiger partial charge in [0.25, 0.3) is 0 Å². The van der Waals surface area contributed by atoms with Gasteiger partial charge in [0, 0.05) is 23.2 Å². The van der Waals surface area contributed by atoms with Gasteiger partial charge < -0.3 is 5.32 Å². The highest BCUT2D eigenvalue weighted by molar-refractivity contribution is 7.99. The normalized spacial score (nSPS) is 12.8. The van der Waals surface area contributed by atoms with Gasteiger partial charge in [0.05, 0.1) is 0 Å². The van der Waals surface area contributed by atoms with Crippen LogP contribution in [0.3, 0.4) is 0 Å². The van der Waals surface area contributed by atoms with Crippen molar-refractivity contribution in [2.45, 2.75) is 32.9 Å². The first kappa shape index (κ1) is 13.4. The van der Waals surface area contributed by atoms with Crippen molar-refractivity contribution in [2.24, 2.45) is 5.92 Å². The summed E-state index contributed by atoms with van der Waals surface area (Å²) in [4.78, 5) is 0. The first-order valence-electron chi connectivity index (χ1n) is 6.01. The van der Waals surface area contributed by atoms with Crippen LogP contribution in [0.1, 0.15) is 26.3 Å². The van der Waals surface area contributed by atoms with Gasteiger partial charge in [-0.1, -0.05) is 38.5 Å².